The molecule has 2 aliphatic carbocycles. The predicted octanol–water partition coefficient (Wildman–Crippen LogP) is 4.16. The largest absolute Gasteiger partial charge is 0.481 e. The highest BCUT2D eigenvalue weighted by Crippen LogP contribution is 2.47. The average molecular weight is 495 g/mol. The van der Waals surface area contributed by atoms with Crippen molar-refractivity contribution in [2.45, 2.75) is 43.6 Å². The molecule has 0 spiro atoms. The van der Waals surface area contributed by atoms with Crippen LogP contribution < -0.4 is 10.6 Å². The third-order valence-corrected chi connectivity index (χ3v) is 8.55. The molecule has 0 unspecified atom stereocenters. The van der Waals surface area contributed by atoms with Gasteiger partial charge in [0.15, 0.2) is 0 Å². The van der Waals surface area contributed by atoms with Crippen LogP contribution in [0.2, 0.25) is 0 Å². The van der Waals surface area contributed by atoms with Crippen LogP contribution in [0.15, 0.2) is 48.5 Å². The van der Waals surface area contributed by atoms with Crippen LogP contribution in [-0.4, -0.2) is 53.3 Å². The molecule has 0 bridgehead atoms. The van der Waals surface area contributed by atoms with E-state index in [4.69, 9.17) is 4.74 Å². The van der Waals surface area contributed by atoms with Crippen molar-refractivity contribution in [3.63, 3.8) is 0 Å². The van der Waals surface area contributed by atoms with Gasteiger partial charge in [-0.15, -0.1) is 0 Å². The van der Waals surface area contributed by atoms with Gasteiger partial charge in [-0.25, -0.2) is 4.79 Å². The van der Waals surface area contributed by atoms with Gasteiger partial charge in [-0.05, 0) is 59.4 Å². The summed E-state index contributed by atoms with van der Waals surface area (Å²) in [6.45, 7) is 0.409. The third kappa shape index (κ3) is 4.89. The Morgan fingerprint density at radius 1 is 0.943 bits per heavy atom. The second kappa shape index (κ2) is 9.57. The van der Waals surface area contributed by atoms with Gasteiger partial charge in [0.1, 0.15) is 6.61 Å². The molecule has 1 heterocycles. The van der Waals surface area contributed by atoms with Gasteiger partial charge in [0, 0.05) is 12.5 Å². The first kappa shape index (κ1) is 23.7. The lowest BCUT2D eigenvalue weighted by Crippen LogP contribution is -2.55. The van der Waals surface area contributed by atoms with E-state index in [1.807, 2.05) is 24.3 Å². The molecule has 3 N–H and O–H groups in total. The number of carboxylic acid groups (broad SMARTS) is 1. The lowest BCUT2D eigenvalue weighted by Gasteiger charge is -2.38. The maximum atomic E-state index is 13.1. The number of rotatable bonds is 8. The standard InChI is InChI=1S/C27H30N2O5S/c30-23(31)15-27(11-13-35-14-12-27)29-24(32)26(9-10-26)17-28-25(33)34-16-22-20-7-3-1-5-18(20)19-6-2-4-8-21(19)22/h1-8,22H,9-17H2,(H,28,33)(H,29,32)(H,30,31). The summed E-state index contributed by atoms with van der Waals surface area (Å²) >= 11 is 1.78. The van der Waals surface area contributed by atoms with E-state index in [2.05, 4.69) is 34.9 Å². The minimum absolute atomic E-state index is 0.0219. The molecular formula is C27H30N2O5S. The van der Waals surface area contributed by atoms with E-state index in [0.717, 1.165) is 22.6 Å². The fourth-order valence-electron chi connectivity index (χ4n) is 5.30. The Kier molecular flexibility index (Phi) is 6.49. The second-order valence-corrected chi connectivity index (χ2v) is 11.1. The molecule has 5 rings (SSSR count). The molecule has 0 aromatic heterocycles. The van der Waals surface area contributed by atoms with Crippen LogP contribution in [0.5, 0.6) is 0 Å². The maximum Gasteiger partial charge on any atom is 0.407 e. The Hall–Kier alpha value is -3.00. The first-order valence-corrected chi connectivity index (χ1v) is 13.3. The van der Waals surface area contributed by atoms with Gasteiger partial charge in [-0.2, -0.15) is 11.8 Å². The van der Waals surface area contributed by atoms with Crippen LogP contribution in [0, 0.1) is 5.41 Å². The maximum absolute atomic E-state index is 13.1. The lowest BCUT2D eigenvalue weighted by molar-refractivity contribution is -0.139. The van der Waals surface area contributed by atoms with Gasteiger partial charge in [-0.1, -0.05) is 48.5 Å². The summed E-state index contributed by atoms with van der Waals surface area (Å²) in [5.74, 6) is 0.576. The Morgan fingerprint density at radius 2 is 1.54 bits per heavy atom. The van der Waals surface area contributed by atoms with Crippen LogP contribution >= 0.6 is 11.8 Å². The Bertz CT molecular complexity index is 1090. The predicted molar refractivity (Wildman–Crippen MR) is 134 cm³/mol. The number of carboxylic acids is 1. The van der Waals surface area contributed by atoms with Gasteiger partial charge in [0.05, 0.1) is 17.4 Å². The third-order valence-electron chi connectivity index (χ3n) is 7.57. The Balaban J connectivity index is 1.17. The van der Waals surface area contributed by atoms with Gasteiger partial charge >= 0.3 is 12.1 Å². The van der Waals surface area contributed by atoms with E-state index in [1.165, 1.54) is 11.1 Å². The number of benzene rings is 2. The van der Waals surface area contributed by atoms with Crippen molar-refractivity contribution in [2.24, 2.45) is 5.41 Å². The van der Waals surface area contributed by atoms with E-state index < -0.39 is 23.0 Å². The Morgan fingerprint density at radius 3 is 2.11 bits per heavy atom. The Labute approximate surface area is 209 Å². The summed E-state index contributed by atoms with van der Waals surface area (Å²) in [5.41, 5.74) is 3.25. The van der Waals surface area contributed by atoms with Crippen LogP contribution in [0.4, 0.5) is 4.79 Å². The van der Waals surface area contributed by atoms with E-state index in [9.17, 15) is 19.5 Å². The minimum Gasteiger partial charge on any atom is -0.481 e. The van der Waals surface area contributed by atoms with Crippen LogP contribution in [-0.2, 0) is 14.3 Å². The molecule has 1 saturated carbocycles. The number of thioether (sulfide) groups is 1. The number of hydrogen-bond donors (Lipinski definition) is 3. The van der Waals surface area contributed by atoms with Crippen molar-refractivity contribution in [1.29, 1.82) is 0 Å². The molecule has 2 aromatic rings. The van der Waals surface area contributed by atoms with Crippen molar-refractivity contribution >= 4 is 29.7 Å². The zero-order chi connectivity index (χ0) is 24.5. The quantitative estimate of drug-likeness (QED) is 0.509. The molecule has 0 atom stereocenters. The second-order valence-electron chi connectivity index (χ2n) is 9.88. The van der Waals surface area contributed by atoms with Crippen molar-refractivity contribution < 1.29 is 24.2 Å². The van der Waals surface area contributed by atoms with E-state index >= 15 is 0 Å². The number of carbonyl (C=O) groups is 3. The van der Waals surface area contributed by atoms with Crippen molar-refractivity contribution in [3.05, 3.63) is 59.7 Å². The van der Waals surface area contributed by atoms with Gasteiger partial charge in [0.25, 0.3) is 0 Å². The van der Waals surface area contributed by atoms with E-state index in [0.29, 0.717) is 25.7 Å². The normalized spacial score (nSPS) is 19.2. The molecule has 1 saturated heterocycles. The molecule has 184 valence electrons. The highest BCUT2D eigenvalue weighted by molar-refractivity contribution is 7.99. The van der Waals surface area contributed by atoms with Crippen LogP contribution in [0.3, 0.4) is 0 Å². The van der Waals surface area contributed by atoms with E-state index in [1.54, 1.807) is 11.8 Å². The number of nitrogens with one attached hydrogen (secondary N) is 2. The number of fused-ring (bicyclic) bond motifs is 3. The molecule has 3 aliphatic rings. The lowest BCUT2D eigenvalue weighted by atomic mass is 9.87. The highest BCUT2D eigenvalue weighted by Gasteiger charge is 2.52. The molecule has 2 fully saturated rings. The van der Waals surface area contributed by atoms with Gasteiger partial charge in [0.2, 0.25) is 5.91 Å². The molecule has 7 nitrogen and oxygen atoms in total. The van der Waals surface area contributed by atoms with Crippen LogP contribution in [0.25, 0.3) is 11.1 Å². The number of ether oxygens (including phenoxy) is 1. The van der Waals surface area contributed by atoms with Crippen molar-refractivity contribution in [2.75, 3.05) is 24.7 Å². The number of hydrogen-bond acceptors (Lipinski definition) is 5. The van der Waals surface area contributed by atoms with E-state index in [-0.39, 0.29) is 31.4 Å². The monoisotopic (exact) mass is 494 g/mol. The number of aliphatic carboxylic acids is 1. The fourth-order valence-corrected chi connectivity index (χ4v) is 6.57. The molecular weight excluding hydrogens is 464 g/mol. The highest BCUT2D eigenvalue weighted by atomic mass is 32.2. The summed E-state index contributed by atoms with van der Waals surface area (Å²) in [5, 5.41) is 15.2. The average Bonchev–Trinajstić information content (AvgIpc) is 3.58. The smallest absolute Gasteiger partial charge is 0.407 e. The molecule has 0 radical (unpaired) electrons. The zero-order valence-corrected chi connectivity index (χ0v) is 20.4. The topological polar surface area (TPSA) is 105 Å². The number of alkyl carbamates (subject to hydrolysis) is 1. The van der Waals surface area contributed by atoms with Crippen molar-refractivity contribution in [3.8, 4) is 11.1 Å². The molecule has 35 heavy (non-hydrogen) atoms. The minimum atomic E-state index is -0.904. The number of amides is 2. The summed E-state index contributed by atoms with van der Waals surface area (Å²) in [4.78, 5) is 37.1. The number of carbonyl (C=O) groups excluding carboxylic acids is 2. The SMILES string of the molecule is O=C(O)CC1(NC(=O)C2(CNC(=O)OCC3c4ccccc4-c4ccccc43)CC2)CCSCC1. The van der Waals surface area contributed by atoms with Crippen molar-refractivity contribution in [1.82, 2.24) is 10.6 Å². The zero-order valence-electron chi connectivity index (χ0n) is 19.5. The fraction of sp³-hybridized carbons (Fsp3) is 0.444. The molecule has 2 aromatic carbocycles. The van der Waals surface area contributed by atoms with Gasteiger partial charge < -0.3 is 20.5 Å². The summed E-state index contributed by atoms with van der Waals surface area (Å²) in [6, 6.07) is 16.3. The first-order valence-electron chi connectivity index (χ1n) is 12.1. The summed E-state index contributed by atoms with van der Waals surface area (Å²) in [7, 11) is 0. The molecule has 2 amide bonds. The first-order chi connectivity index (χ1) is 16.9. The summed E-state index contributed by atoms with van der Waals surface area (Å²) in [6.07, 6.45) is 2.01. The summed E-state index contributed by atoms with van der Waals surface area (Å²) < 4.78 is 5.60. The molecule has 8 heteroatoms. The van der Waals surface area contributed by atoms with Gasteiger partial charge in [-0.3, -0.25) is 9.59 Å². The van der Waals surface area contributed by atoms with Crippen LogP contribution in [0.1, 0.15) is 49.1 Å². The molecule has 1 aliphatic heterocycles.